The number of halogens is 3. The average molecular weight is 365 g/mol. The van der Waals surface area contributed by atoms with Gasteiger partial charge in [-0.25, -0.2) is 4.79 Å². The molecule has 7 heteroatoms. The fraction of sp³-hybridized carbons (Fsp3) is 0.263. The lowest BCUT2D eigenvalue weighted by molar-refractivity contribution is -0.141. The molecule has 1 atom stereocenters. The van der Waals surface area contributed by atoms with Crippen molar-refractivity contribution in [3.8, 4) is 0 Å². The number of carbonyl (C=O) groups excluding carboxylic acids is 1. The minimum absolute atomic E-state index is 0.119. The lowest BCUT2D eigenvalue weighted by Crippen LogP contribution is -2.43. The molecule has 2 rings (SSSR count). The lowest BCUT2D eigenvalue weighted by Gasteiger charge is -2.15. The number of alkyl halides is 3. The highest BCUT2D eigenvalue weighted by Crippen LogP contribution is 2.29. The number of carbonyl (C=O) groups is 2. The third-order valence-corrected chi connectivity index (χ3v) is 3.84. The zero-order valence-corrected chi connectivity index (χ0v) is 14.0. The minimum atomic E-state index is -4.44. The van der Waals surface area contributed by atoms with E-state index in [1.165, 1.54) is 12.1 Å². The van der Waals surface area contributed by atoms with Crippen molar-refractivity contribution in [1.82, 2.24) is 5.32 Å². The fourth-order valence-corrected chi connectivity index (χ4v) is 2.40. The van der Waals surface area contributed by atoms with Gasteiger partial charge in [-0.05, 0) is 30.2 Å². The lowest BCUT2D eigenvalue weighted by atomic mass is 10.0. The molecule has 26 heavy (non-hydrogen) atoms. The Morgan fingerprint density at radius 3 is 2.04 bits per heavy atom. The standard InChI is InChI=1S/C19H18F3NO3/c1-12-2-4-13(5-3-12)10-16(18(25)26)23-17(24)11-14-6-8-15(9-7-14)19(20,21)22/h2-9,16H,10-11H2,1H3,(H,23,24)(H,25,26)/t16-/m0/s1. The van der Waals surface area contributed by atoms with Crippen LogP contribution in [-0.2, 0) is 28.6 Å². The van der Waals surface area contributed by atoms with Crippen LogP contribution in [0.25, 0.3) is 0 Å². The van der Waals surface area contributed by atoms with Gasteiger partial charge in [0.1, 0.15) is 6.04 Å². The molecule has 1 amide bonds. The third-order valence-electron chi connectivity index (χ3n) is 3.84. The van der Waals surface area contributed by atoms with E-state index in [-0.39, 0.29) is 12.8 Å². The summed E-state index contributed by atoms with van der Waals surface area (Å²) >= 11 is 0. The first-order chi connectivity index (χ1) is 12.1. The molecule has 0 aliphatic rings. The number of aliphatic carboxylic acids is 1. The number of rotatable bonds is 6. The molecule has 4 nitrogen and oxygen atoms in total. The highest BCUT2D eigenvalue weighted by atomic mass is 19.4. The van der Waals surface area contributed by atoms with Crippen molar-refractivity contribution >= 4 is 11.9 Å². The zero-order valence-electron chi connectivity index (χ0n) is 14.0. The molecule has 0 aliphatic carbocycles. The van der Waals surface area contributed by atoms with Gasteiger partial charge in [-0.2, -0.15) is 13.2 Å². The van der Waals surface area contributed by atoms with Gasteiger partial charge in [0.15, 0.2) is 0 Å². The van der Waals surface area contributed by atoms with E-state index in [9.17, 15) is 27.9 Å². The maximum atomic E-state index is 12.5. The van der Waals surface area contributed by atoms with Crippen LogP contribution in [0.3, 0.4) is 0 Å². The van der Waals surface area contributed by atoms with Gasteiger partial charge in [0.25, 0.3) is 0 Å². The van der Waals surface area contributed by atoms with Gasteiger partial charge in [0, 0.05) is 6.42 Å². The molecule has 0 aliphatic heterocycles. The van der Waals surface area contributed by atoms with Gasteiger partial charge in [0.2, 0.25) is 5.91 Å². The predicted molar refractivity (Wildman–Crippen MR) is 89.6 cm³/mol. The minimum Gasteiger partial charge on any atom is -0.480 e. The first kappa shape index (κ1) is 19.5. The van der Waals surface area contributed by atoms with Crippen LogP contribution in [0.4, 0.5) is 13.2 Å². The monoisotopic (exact) mass is 365 g/mol. The van der Waals surface area contributed by atoms with Crippen molar-refractivity contribution in [2.75, 3.05) is 0 Å². The van der Waals surface area contributed by atoms with Crippen LogP contribution in [0, 0.1) is 6.92 Å². The molecule has 0 unspecified atom stereocenters. The van der Waals surface area contributed by atoms with Crippen LogP contribution >= 0.6 is 0 Å². The molecule has 0 spiro atoms. The summed E-state index contributed by atoms with van der Waals surface area (Å²) < 4.78 is 37.6. The van der Waals surface area contributed by atoms with E-state index in [2.05, 4.69) is 5.32 Å². The smallest absolute Gasteiger partial charge is 0.416 e. The van der Waals surface area contributed by atoms with Crippen LogP contribution in [0.15, 0.2) is 48.5 Å². The number of carboxylic acid groups (broad SMARTS) is 1. The van der Waals surface area contributed by atoms with E-state index in [0.29, 0.717) is 5.56 Å². The molecule has 138 valence electrons. The Hall–Kier alpha value is -2.83. The van der Waals surface area contributed by atoms with E-state index >= 15 is 0 Å². The van der Waals surface area contributed by atoms with Crippen molar-refractivity contribution in [2.24, 2.45) is 0 Å². The fourth-order valence-electron chi connectivity index (χ4n) is 2.40. The summed E-state index contributed by atoms with van der Waals surface area (Å²) in [7, 11) is 0. The Morgan fingerprint density at radius 1 is 1.00 bits per heavy atom. The number of nitrogens with one attached hydrogen (secondary N) is 1. The molecule has 0 saturated heterocycles. The summed E-state index contributed by atoms with van der Waals surface area (Å²) in [6.07, 6.45) is -4.52. The van der Waals surface area contributed by atoms with E-state index < -0.39 is 29.7 Å². The SMILES string of the molecule is Cc1ccc(C[C@H](NC(=O)Cc2ccc(C(F)(F)F)cc2)C(=O)O)cc1. The van der Waals surface area contributed by atoms with Crippen molar-refractivity contribution in [2.45, 2.75) is 32.0 Å². The third kappa shape index (κ3) is 5.61. The molecule has 2 N–H and O–H groups in total. The van der Waals surface area contributed by atoms with Crippen LogP contribution in [0.1, 0.15) is 22.3 Å². The van der Waals surface area contributed by atoms with Crippen LogP contribution in [0.5, 0.6) is 0 Å². The number of hydrogen-bond donors (Lipinski definition) is 2. The highest BCUT2D eigenvalue weighted by Gasteiger charge is 2.30. The summed E-state index contributed by atoms with van der Waals surface area (Å²) in [6, 6.07) is 10.3. The zero-order chi connectivity index (χ0) is 19.3. The normalized spacial score (nSPS) is 12.5. The molecule has 0 radical (unpaired) electrons. The number of amides is 1. The maximum absolute atomic E-state index is 12.5. The van der Waals surface area contributed by atoms with Crippen LogP contribution in [-0.4, -0.2) is 23.0 Å². The Morgan fingerprint density at radius 2 is 1.54 bits per heavy atom. The van der Waals surface area contributed by atoms with Gasteiger partial charge in [-0.3, -0.25) is 4.79 Å². The molecule has 0 aromatic heterocycles. The van der Waals surface area contributed by atoms with E-state index in [1.54, 1.807) is 12.1 Å². The molecular formula is C19H18F3NO3. The van der Waals surface area contributed by atoms with Gasteiger partial charge in [-0.1, -0.05) is 42.0 Å². The van der Waals surface area contributed by atoms with Gasteiger partial charge in [-0.15, -0.1) is 0 Å². The van der Waals surface area contributed by atoms with Crippen LogP contribution in [0.2, 0.25) is 0 Å². The molecule has 0 heterocycles. The summed E-state index contributed by atoms with van der Waals surface area (Å²) in [5.74, 6) is -1.74. The summed E-state index contributed by atoms with van der Waals surface area (Å²) in [5, 5.41) is 11.7. The van der Waals surface area contributed by atoms with Crippen LogP contribution < -0.4 is 5.32 Å². The topological polar surface area (TPSA) is 66.4 Å². The Balaban J connectivity index is 1.99. The first-order valence-corrected chi connectivity index (χ1v) is 7.89. The van der Waals surface area contributed by atoms with E-state index in [1.807, 2.05) is 19.1 Å². The second kappa shape index (κ2) is 8.03. The molecule has 0 fully saturated rings. The number of aryl methyl sites for hydroxylation is 1. The average Bonchev–Trinajstić information content (AvgIpc) is 2.55. The second-order valence-corrected chi connectivity index (χ2v) is 6.02. The van der Waals surface area contributed by atoms with Crippen molar-refractivity contribution < 1.29 is 27.9 Å². The number of benzene rings is 2. The second-order valence-electron chi connectivity index (χ2n) is 6.02. The molecule has 0 bridgehead atoms. The van der Waals surface area contributed by atoms with Gasteiger partial charge < -0.3 is 10.4 Å². The number of hydrogen-bond acceptors (Lipinski definition) is 2. The van der Waals surface area contributed by atoms with Crippen molar-refractivity contribution in [1.29, 1.82) is 0 Å². The summed E-state index contributed by atoms with van der Waals surface area (Å²) in [6.45, 7) is 1.91. The van der Waals surface area contributed by atoms with Crippen molar-refractivity contribution in [3.05, 3.63) is 70.8 Å². The first-order valence-electron chi connectivity index (χ1n) is 7.89. The maximum Gasteiger partial charge on any atom is 0.416 e. The van der Waals surface area contributed by atoms with E-state index in [0.717, 1.165) is 23.3 Å². The summed E-state index contributed by atoms with van der Waals surface area (Å²) in [4.78, 5) is 23.4. The Kier molecular flexibility index (Phi) is 6.02. The summed E-state index contributed by atoms with van der Waals surface area (Å²) in [5.41, 5.74) is 1.37. The molecule has 2 aromatic carbocycles. The quantitative estimate of drug-likeness (QED) is 0.825. The van der Waals surface area contributed by atoms with Crippen molar-refractivity contribution in [3.63, 3.8) is 0 Å². The number of carboxylic acids is 1. The largest absolute Gasteiger partial charge is 0.480 e. The molecular weight excluding hydrogens is 347 g/mol. The molecule has 0 saturated carbocycles. The van der Waals surface area contributed by atoms with Gasteiger partial charge in [0.05, 0.1) is 12.0 Å². The predicted octanol–water partition coefficient (Wildman–Crippen LogP) is 3.37. The van der Waals surface area contributed by atoms with E-state index in [4.69, 9.17) is 0 Å². The Bertz CT molecular complexity index is 768. The molecule has 2 aromatic rings. The highest BCUT2D eigenvalue weighted by molar-refractivity contribution is 5.85. The van der Waals surface area contributed by atoms with Gasteiger partial charge >= 0.3 is 12.1 Å². The Labute approximate surface area is 148 Å².